The van der Waals surface area contributed by atoms with Gasteiger partial charge < -0.3 is 14.2 Å². The zero-order valence-electron chi connectivity index (χ0n) is 9.48. The molecule has 0 heterocycles. The van der Waals surface area contributed by atoms with Crippen molar-refractivity contribution >= 4 is 17.1 Å². The van der Waals surface area contributed by atoms with Gasteiger partial charge in [0, 0.05) is 6.07 Å². The van der Waals surface area contributed by atoms with Crippen molar-refractivity contribution in [1.29, 1.82) is 0 Å². The van der Waals surface area contributed by atoms with E-state index in [1.165, 1.54) is 0 Å². The van der Waals surface area contributed by atoms with E-state index < -0.39 is 0 Å². The molecule has 0 atom stereocenters. The molecule has 0 aliphatic heterocycles. The number of rotatable bonds is 4. The molecular formula is C11H14O4S. The fourth-order valence-electron chi connectivity index (χ4n) is 1.10. The van der Waals surface area contributed by atoms with Gasteiger partial charge in [0.15, 0.2) is 0 Å². The van der Waals surface area contributed by atoms with Crippen LogP contribution in [0.3, 0.4) is 0 Å². The zero-order valence-corrected chi connectivity index (χ0v) is 10.3. The molecule has 4 nitrogen and oxygen atoms in total. The molecule has 1 aromatic rings. The van der Waals surface area contributed by atoms with Gasteiger partial charge in [-0.05, 0) is 30.8 Å². The normalized spacial score (nSPS) is 9.69. The first-order chi connectivity index (χ1) is 7.71. The van der Waals surface area contributed by atoms with Crippen LogP contribution in [0.15, 0.2) is 23.1 Å². The molecule has 0 aromatic heterocycles. The number of carbonyl (C=O) groups excluding carboxylic acids is 1. The Hall–Kier alpha value is -1.36. The molecule has 1 aromatic carbocycles. The Labute approximate surface area is 98.9 Å². The van der Waals surface area contributed by atoms with Crippen LogP contribution >= 0.6 is 11.8 Å². The highest BCUT2D eigenvalue weighted by molar-refractivity contribution is 8.13. The van der Waals surface area contributed by atoms with Crippen molar-refractivity contribution in [2.24, 2.45) is 0 Å². The fraction of sp³-hybridized carbons (Fsp3) is 0.364. The van der Waals surface area contributed by atoms with Crippen LogP contribution in [-0.2, 0) is 4.74 Å². The van der Waals surface area contributed by atoms with Crippen LogP contribution in [-0.4, -0.2) is 26.1 Å². The van der Waals surface area contributed by atoms with Crippen LogP contribution in [0.4, 0.5) is 4.79 Å². The highest BCUT2D eigenvalue weighted by Gasteiger charge is 2.11. The second-order valence-corrected chi connectivity index (χ2v) is 3.78. The molecular weight excluding hydrogens is 228 g/mol. The average Bonchev–Trinajstić information content (AvgIpc) is 2.30. The SMILES string of the molecule is CCOC(=O)Sc1ccc(OC)cc1OC. The minimum Gasteiger partial charge on any atom is -0.497 e. The molecule has 0 unspecified atom stereocenters. The second kappa shape index (κ2) is 6.27. The van der Waals surface area contributed by atoms with Crippen molar-refractivity contribution in [3.63, 3.8) is 0 Å². The van der Waals surface area contributed by atoms with Gasteiger partial charge >= 0.3 is 5.30 Å². The van der Waals surface area contributed by atoms with E-state index in [-0.39, 0.29) is 5.30 Å². The molecule has 0 N–H and O–H groups in total. The predicted octanol–water partition coefficient (Wildman–Crippen LogP) is 2.95. The standard InChI is InChI=1S/C11H14O4S/c1-4-15-11(12)16-10-6-5-8(13-2)7-9(10)14-3/h5-7H,4H2,1-3H3. The van der Waals surface area contributed by atoms with Crippen molar-refractivity contribution in [3.05, 3.63) is 18.2 Å². The first-order valence-electron chi connectivity index (χ1n) is 4.78. The Morgan fingerprint density at radius 3 is 2.62 bits per heavy atom. The van der Waals surface area contributed by atoms with Crippen LogP contribution in [0.2, 0.25) is 0 Å². The molecule has 0 aliphatic rings. The van der Waals surface area contributed by atoms with E-state index in [1.54, 1.807) is 39.3 Å². The molecule has 0 radical (unpaired) electrons. The Bertz CT molecular complexity index is 365. The molecule has 0 fully saturated rings. The van der Waals surface area contributed by atoms with Crippen LogP contribution in [0.25, 0.3) is 0 Å². The first kappa shape index (κ1) is 12.7. The smallest absolute Gasteiger partial charge is 0.372 e. The molecule has 0 bridgehead atoms. The van der Waals surface area contributed by atoms with E-state index >= 15 is 0 Å². The number of benzene rings is 1. The Balaban J connectivity index is 2.83. The zero-order chi connectivity index (χ0) is 12.0. The maximum atomic E-state index is 11.3. The van der Waals surface area contributed by atoms with Crippen molar-refractivity contribution in [2.75, 3.05) is 20.8 Å². The highest BCUT2D eigenvalue weighted by Crippen LogP contribution is 2.33. The highest BCUT2D eigenvalue weighted by atomic mass is 32.2. The number of thioether (sulfide) groups is 1. The lowest BCUT2D eigenvalue weighted by Crippen LogP contribution is -1.97. The number of methoxy groups -OCH3 is 2. The molecule has 0 spiro atoms. The van der Waals surface area contributed by atoms with Crippen LogP contribution in [0.5, 0.6) is 11.5 Å². The predicted molar refractivity (Wildman–Crippen MR) is 62.4 cm³/mol. The Kier molecular flexibility index (Phi) is 4.98. The third-order valence-corrected chi connectivity index (χ3v) is 2.67. The van der Waals surface area contributed by atoms with E-state index in [0.717, 1.165) is 11.8 Å². The summed E-state index contributed by atoms with van der Waals surface area (Å²) in [6.07, 6.45) is 0. The van der Waals surface area contributed by atoms with Crippen LogP contribution in [0.1, 0.15) is 6.92 Å². The lowest BCUT2D eigenvalue weighted by atomic mass is 10.3. The summed E-state index contributed by atoms with van der Waals surface area (Å²) < 4.78 is 15.1. The van der Waals surface area contributed by atoms with Gasteiger partial charge in [-0.2, -0.15) is 0 Å². The largest absolute Gasteiger partial charge is 0.497 e. The van der Waals surface area contributed by atoms with Gasteiger partial charge in [0.05, 0.1) is 25.7 Å². The van der Waals surface area contributed by atoms with Crippen molar-refractivity contribution in [3.8, 4) is 11.5 Å². The summed E-state index contributed by atoms with van der Waals surface area (Å²) in [5, 5.41) is -0.342. The Morgan fingerprint density at radius 2 is 2.06 bits per heavy atom. The third kappa shape index (κ3) is 3.34. The van der Waals surface area contributed by atoms with E-state index in [2.05, 4.69) is 0 Å². The second-order valence-electron chi connectivity index (χ2n) is 2.80. The molecule has 5 heteroatoms. The Morgan fingerprint density at radius 1 is 1.31 bits per heavy atom. The van der Waals surface area contributed by atoms with Gasteiger partial charge in [-0.15, -0.1) is 0 Å². The lowest BCUT2D eigenvalue weighted by molar-refractivity contribution is 0.181. The first-order valence-corrected chi connectivity index (χ1v) is 5.59. The monoisotopic (exact) mass is 242 g/mol. The van der Waals surface area contributed by atoms with Gasteiger partial charge in [-0.25, -0.2) is 4.79 Å². The molecule has 88 valence electrons. The van der Waals surface area contributed by atoms with Crippen LogP contribution in [0, 0.1) is 0 Å². The molecule has 0 saturated carbocycles. The van der Waals surface area contributed by atoms with Crippen molar-refractivity contribution in [2.45, 2.75) is 11.8 Å². The number of hydrogen-bond donors (Lipinski definition) is 0. The topological polar surface area (TPSA) is 44.8 Å². The molecule has 0 aliphatic carbocycles. The molecule has 1 rings (SSSR count). The quantitative estimate of drug-likeness (QED) is 0.600. The summed E-state index contributed by atoms with van der Waals surface area (Å²) in [4.78, 5) is 12.0. The van der Waals surface area contributed by atoms with Gasteiger partial charge in [-0.3, -0.25) is 0 Å². The van der Waals surface area contributed by atoms with E-state index in [9.17, 15) is 4.79 Å². The van der Waals surface area contributed by atoms with E-state index in [4.69, 9.17) is 14.2 Å². The van der Waals surface area contributed by atoms with Crippen molar-refractivity contribution in [1.82, 2.24) is 0 Å². The molecule has 0 amide bonds. The summed E-state index contributed by atoms with van der Waals surface area (Å²) in [5.74, 6) is 1.28. The average molecular weight is 242 g/mol. The number of carbonyl (C=O) groups is 1. The van der Waals surface area contributed by atoms with E-state index in [0.29, 0.717) is 23.0 Å². The van der Waals surface area contributed by atoms with E-state index in [1.807, 2.05) is 0 Å². The summed E-state index contributed by atoms with van der Waals surface area (Å²) in [7, 11) is 3.12. The summed E-state index contributed by atoms with van der Waals surface area (Å²) >= 11 is 0.997. The van der Waals surface area contributed by atoms with Gasteiger partial charge in [0.1, 0.15) is 11.5 Å². The molecule has 0 saturated heterocycles. The summed E-state index contributed by atoms with van der Waals surface area (Å²) in [5.41, 5.74) is 0. The number of ether oxygens (including phenoxy) is 3. The van der Waals surface area contributed by atoms with Gasteiger partial charge in [0.25, 0.3) is 0 Å². The minimum absolute atomic E-state index is 0.342. The lowest BCUT2D eigenvalue weighted by Gasteiger charge is -2.08. The van der Waals surface area contributed by atoms with Crippen LogP contribution < -0.4 is 9.47 Å². The van der Waals surface area contributed by atoms with Gasteiger partial charge in [-0.1, -0.05) is 0 Å². The number of hydrogen-bond acceptors (Lipinski definition) is 5. The third-order valence-electron chi connectivity index (χ3n) is 1.83. The van der Waals surface area contributed by atoms with Crippen molar-refractivity contribution < 1.29 is 19.0 Å². The molecule has 16 heavy (non-hydrogen) atoms. The summed E-state index contributed by atoms with van der Waals surface area (Å²) in [6.45, 7) is 2.13. The maximum Gasteiger partial charge on any atom is 0.372 e. The van der Waals surface area contributed by atoms with Gasteiger partial charge in [0.2, 0.25) is 0 Å². The maximum absolute atomic E-state index is 11.3. The fourth-order valence-corrected chi connectivity index (χ4v) is 1.83. The summed E-state index contributed by atoms with van der Waals surface area (Å²) in [6, 6.07) is 5.25. The minimum atomic E-state index is -0.342.